The van der Waals surface area contributed by atoms with Gasteiger partial charge in [0.1, 0.15) is 18.1 Å². The molecule has 0 aliphatic rings. The van der Waals surface area contributed by atoms with E-state index >= 15 is 0 Å². The molecular weight excluding hydrogens is 368 g/mol. The zero-order valence-electron chi connectivity index (χ0n) is 14.9. The van der Waals surface area contributed by atoms with Crippen LogP contribution in [0.5, 0.6) is 11.5 Å². The first-order chi connectivity index (χ1) is 13.4. The standard InChI is InChI=1S/C20H18O8/c1-27-20-13(11-28-17(24)8-7-16(22)23)9-14(19(26)15(20)10-21)18(25)12-5-3-2-4-6-12/h2-9,21,26H,10-11H2,1H3,(H,22,23)/b8-7-. The van der Waals surface area contributed by atoms with Crippen LogP contribution in [0.2, 0.25) is 0 Å². The van der Waals surface area contributed by atoms with Crippen LogP contribution in [-0.4, -0.2) is 40.2 Å². The van der Waals surface area contributed by atoms with Crippen molar-refractivity contribution in [1.29, 1.82) is 0 Å². The number of hydrogen-bond acceptors (Lipinski definition) is 7. The highest BCUT2D eigenvalue weighted by Crippen LogP contribution is 2.36. The minimum Gasteiger partial charge on any atom is -0.507 e. The molecule has 3 N–H and O–H groups in total. The van der Waals surface area contributed by atoms with Gasteiger partial charge < -0.3 is 24.8 Å². The molecule has 0 radical (unpaired) electrons. The second-order valence-corrected chi connectivity index (χ2v) is 5.58. The molecule has 0 aliphatic heterocycles. The van der Waals surface area contributed by atoms with E-state index in [-0.39, 0.29) is 29.0 Å². The van der Waals surface area contributed by atoms with Crippen LogP contribution in [0, 0.1) is 0 Å². The predicted molar refractivity (Wildman–Crippen MR) is 97.0 cm³/mol. The average Bonchev–Trinajstić information content (AvgIpc) is 2.70. The van der Waals surface area contributed by atoms with Crippen molar-refractivity contribution in [2.75, 3.05) is 7.11 Å². The molecule has 146 valence electrons. The van der Waals surface area contributed by atoms with Gasteiger partial charge in [-0.3, -0.25) is 4.79 Å². The van der Waals surface area contributed by atoms with Gasteiger partial charge in [-0.05, 0) is 6.07 Å². The molecule has 0 amide bonds. The molecule has 8 nitrogen and oxygen atoms in total. The number of ether oxygens (including phenoxy) is 2. The normalized spacial score (nSPS) is 10.6. The fourth-order valence-electron chi connectivity index (χ4n) is 2.53. The molecule has 0 saturated heterocycles. The zero-order valence-corrected chi connectivity index (χ0v) is 14.9. The Bertz CT molecular complexity index is 916. The second-order valence-electron chi connectivity index (χ2n) is 5.58. The number of aliphatic carboxylic acids is 1. The minimum atomic E-state index is -1.31. The van der Waals surface area contributed by atoms with Crippen molar-refractivity contribution < 1.29 is 39.2 Å². The van der Waals surface area contributed by atoms with Crippen molar-refractivity contribution in [1.82, 2.24) is 0 Å². The number of aliphatic hydroxyl groups is 1. The van der Waals surface area contributed by atoms with Gasteiger partial charge in [0.25, 0.3) is 0 Å². The van der Waals surface area contributed by atoms with Crippen LogP contribution in [0.1, 0.15) is 27.0 Å². The SMILES string of the molecule is COc1c(COC(=O)/C=C\C(=O)O)cc(C(=O)c2ccccc2)c(O)c1CO. The van der Waals surface area contributed by atoms with Crippen molar-refractivity contribution in [2.24, 2.45) is 0 Å². The number of phenols is 1. The number of aliphatic hydroxyl groups excluding tert-OH is 1. The Hall–Kier alpha value is -3.65. The van der Waals surface area contributed by atoms with E-state index in [1.807, 2.05) is 0 Å². The molecule has 2 rings (SSSR count). The summed E-state index contributed by atoms with van der Waals surface area (Å²) in [6.07, 6.45) is 1.36. The Labute approximate surface area is 160 Å². The third-order valence-electron chi connectivity index (χ3n) is 3.80. The highest BCUT2D eigenvalue weighted by Gasteiger charge is 2.23. The Morgan fingerprint density at radius 2 is 1.79 bits per heavy atom. The number of hydrogen-bond donors (Lipinski definition) is 3. The molecule has 8 heteroatoms. The van der Waals surface area contributed by atoms with Crippen molar-refractivity contribution in [3.8, 4) is 11.5 Å². The fourth-order valence-corrected chi connectivity index (χ4v) is 2.53. The number of aromatic hydroxyl groups is 1. The molecule has 0 aliphatic carbocycles. The summed E-state index contributed by atoms with van der Waals surface area (Å²) in [6, 6.07) is 9.51. The maximum absolute atomic E-state index is 12.7. The summed E-state index contributed by atoms with van der Waals surface area (Å²) in [5.41, 5.74) is 0.416. The zero-order chi connectivity index (χ0) is 20.7. The molecule has 0 bridgehead atoms. The monoisotopic (exact) mass is 386 g/mol. The highest BCUT2D eigenvalue weighted by atomic mass is 16.5. The van der Waals surface area contributed by atoms with Crippen molar-refractivity contribution in [3.05, 3.63) is 70.8 Å². The van der Waals surface area contributed by atoms with Gasteiger partial charge >= 0.3 is 11.9 Å². The van der Waals surface area contributed by atoms with E-state index in [4.69, 9.17) is 14.6 Å². The van der Waals surface area contributed by atoms with Crippen LogP contribution >= 0.6 is 0 Å². The second kappa shape index (κ2) is 9.33. The molecule has 28 heavy (non-hydrogen) atoms. The number of carbonyl (C=O) groups is 3. The van der Waals surface area contributed by atoms with E-state index in [1.165, 1.54) is 13.2 Å². The summed E-state index contributed by atoms with van der Waals surface area (Å²) < 4.78 is 10.1. The lowest BCUT2D eigenvalue weighted by Crippen LogP contribution is -2.09. The molecule has 0 aromatic heterocycles. The minimum absolute atomic E-state index is 0.0311. The lowest BCUT2D eigenvalue weighted by Gasteiger charge is -2.17. The summed E-state index contributed by atoms with van der Waals surface area (Å²) in [4.78, 5) is 34.8. The number of carboxylic acid groups (broad SMARTS) is 1. The number of methoxy groups -OCH3 is 1. The summed E-state index contributed by atoms with van der Waals surface area (Å²) in [6.45, 7) is -0.987. The third kappa shape index (κ3) is 4.74. The molecule has 2 aromatic rings. The van der Waals surface area contributed by atoms with Gasteiger partial charge in [0, 0.05) is 23.3 Å². The molecule has 0 fully saturated rings. The average molecular weight is 386 g/mol. The Morgan fingerprint density at radius 1 is 1.11 bits per heavy atom. The Kier molecular flexibility index (Phi) is 6.89. The van der Waals surface area contributed by atoms with Crippen molar-refractivity contribution in [2.45, 2.75) is 13.2 Å². The van der Waals surface area contributed by atoms with Crippen LogP contribution in [0.4, 0.5) is 0 Å². The first kappa shape index (κ1) is 20.7. The van der Waals surface area contributed by atoms with Crippen LogP contribution in [0.25, 0.3) is 0 Å². The van der Waals surface area contributed by atoms with Gasteiger partial charge in [-0.15, -0.1) is 0 Å². The summed E-state index contributed by atoms with van der Waals surface area (Å²) in [5.74, 6) is -3.10. The van der Waals surface area contributed by atoms with E-state index < -0.39 is 30.1 Å². The lowest BCUT2D eigenvalue weighted by atomic mass is 9.96. The number of carboxylic acids is 1. The van der Waals surface area contributed by atoms with Gasteiger partial charge in [0.2, 0.25) is 0 Å². The fraction of sp³-hybridized carbons (Fsp3) is 0.150. The molecule has 0 spiro atoms. The van der Waals surface area contributed by atoms with Crippen molar-refractivity contribution >= 4 is 17.7 Å². The van der Waals surface area contributed by atoms with Crippen LogP contribution in [-0.2, 0) is 27.5 Å². The van der Waals surface area contributed by atoms with E-state index in [2.05, 4.69) is 0 Å². The van der Waals surface area contributed by atoms with Crippen LogP contribution in [0.3, 0.4) is 0 Å². The largest absolute Gasteiger partial charge is 0.507 e. The first-order valence-corrected chi connectivity index (χ1v) is 8.09. The topological polar surface area (TPSA) is 130 Å². The van der Waals surface area contributed by atoms with E-state index in [9.17, 15) is 24.6 Å². The highest BCUT2D eigenvalue weighted by molar-refractivity contribution is 6.11. The molecule has 2 aromatic carbocycles. The molecule has 0 heterocycles. The molecule has 0 saturated carbocycles. The number of rotatable bonds is 8. The van der Waals surface area contributed by atoms with Gasteiger partial charge in [0.05, 0.1) is 24.8 Å². The van der Waals surface area contributed by atoms with Crippen LogP contribution < -0.4 is 4.74 Å². The van der Waals surface area contributed by atoms with E-state index in [0.717, 1.165) is 6.08 Å². The van der Waals surface area contributed by atoms with E-state index in [0.29, 0.717) is 11.6 Å². The van der Waals surface area contributed by atoms with Gasteiger partial charge in [0.15, 0.2) is 5.78 Å². The van der Waals surface area contributed by atoms with Gasteiger partial charge in [-0.25, -0.2) is 9.59 Å². The van der Waals surface area contributed by atoms with Crippen LogP contribution in [0.15, 0.2) is 48.6 Å². The summed E-state index contributed by atoms with van der Waals surface area (Å²) in [5, 5.41) is 28.6. The molecular formula is C20H18O8. The molecule has 0 unspecified atom stereocenters. The third-order valence-corrected chi connectivity index (χ3v) is 3.80. The quantitative estimate of drug-likeness (QED) is 0.356. The summed E-state index contributed by atoms with van der Waals surface area (Å²) in [7, 11) is 1.29. The number of esters is 1. The molecule has 0 atom stereocenters. The number of ketones is 1. The summed E-state index contributed by atoms with van der Waals surface area (Å²) >= 11 is 0. The Balaban J connectivity index is 2.43. The van der Waals surface area contributed by atoms with E-state index in [1.54, 1.807) is 30.3 Å². The van der Waals surface area contributed by atoms with Gasteiger partial charge in [-0.2, -0.15) is 0 Å². The Morgan fingerprint density at radius 3 is 2.36 bits per heavy atom. The van der Waals surface area contributed by atoms with Gasteiger partial charge in [-0.1, -0.05) is 30.3 Å². The maximum Gasteiger partial charge on any atom is 0.331 e. The lowest BCUT2D eigenvalue weighted by molar-refractivity contribution is -0.139. The predicted octanol–water partition coefficient (Wildman–Crippen LogP) is 1.81. The number of carbonyl (C=O) groups excluding carboxylic acids is 2. The number of benzene rings is 2. The first-order valence-electron chi connectivity index (χ1n) is 8.09. The van der Waals surface area contributed by atoms with Crippen molar-refractivity contribution in [3.63, 3.8) is 0 Å². The smallest absolute Gasteiger partial charge is 0.331 e. The maximum atomic E-state index is 12.7.